The Labute approximate surface area is 231 Å². The molecule has 4 rings (SSSR count). The van der Waals surface area contributed by atoms with E-state index in [1.54, 1.807) is 33.0 Å². The van der Waals surface area contributed by atoms with Crippen molar-refractivity contribution in [2.75, 3.05) is 12.4 Å². The molecule has 4 atom stereocenters. The van der Waals surface area contributed by atoms with E-state index in [-0.39, 0.29) is 55.1 Å². The predicted molar refractivity (Wildman–Crippen MR) is 141 cm³/mol. The Morgan fingerprint density at radius 2 is 1.95 bits per heavy atom. The first-order chi connectivity index (χ1) is 18.9. The highest BCUT2D eigenvalue weighted by Crippen LogP contribution is 2.39. The van der Waals surface area contributed by atoms with Gasteiger partial charge in [-0.3, -0.25) is 14.3 Å². The minimum absolute atomic E-state index is 0.0831. The lowest BCUT2D eigenvalue weighted by Gasteiger charge is -2.17. The van der Waals surface area contributed by atoms with Gasteiger partial charge in [0.25, 0.3) is 5.91 Å². The van der Waals surface area contributed by atoms with Gasteiger partial charge in [-0.05, 0) is 44.6 Å². The molecule has 0 bridgehead atoms. The van der Waals surface area contributed by atoms with Crippen molar-refractivity contribution in [2.24, 2.45) is 18.7 Å². The third-order valence-corrected chi connectivity index (χ3v) is 7.33. The number of carbonyl (C=O) groups is 3. The lowest BCUT2D eigenvalue weighted by atomic mass is 10.0. The summed E-state index contributed by atoms with van der Waals surface area (Å²) in [6, 6.07) is 2.37. The molecular formula is C26H38FN7O6. The topological polar surface area (TPSA) is 165 Å². The largest absolute Gasteiger partial charge is 0.443 e. The van der Waals surface area contributed by atoms with E-state index in [9.17, 15) is 18.8 Å². The zero-order valence-electron chi connectivity index (χ0n) is 23.5. The van der Waals surface area contributed by atoms with Gasteiger partial charge >= 0.3 is 12.1 Å². The smallest absolute Gasteiger partial charge is 0.407 e. The number of methoxy groups -OCH3 is 1. The van der Waals surface area contributed by atoms with Crippen molar-refractivity contribution in [3.05, 3.63) is 29.2 Å². The SMILES string of the molecule is COCc1cc(C(=O)Nc2cc([C@@H]3C[C@H](F)[C@H](OC(=O)NC4(C)CC4)C3)nn2COC(=O)[C@@H](N)C(C)C)n(C)n1. The number of nitrogens with zero attached hydrogens (tertiary/aromatic N) is 4. The van der Waals surface area contributed by atoms with Crippen LogP contribution in [-0.2, 0) is 39.4 Å². The molecule has 0 spiro atoms. The van der Waals surface area contributed by atoms with Gasteiger partial charge in [-0.2, -0.15) is 10.2 Å². The highest BCUT2D eigenvalue weighted by atomic mass is 19.1. The summed E-state index contributed by atoms with van der Waals surface area (Å²) in [6.07, 6.45) is -0.911. The van der Waals surface area contributed by atoms with E-state index in [0.717, 1.165) is 12.8 Å². The van der Waals surface area contributed by atoms with Crippen LogP contribution < -0.4 is 16.4 Å². The second-order valence-corrected chi connectivity index (χ2v) is 11.2. The van der Waals surface area contributed by atoms with Crippen LogP contribution in [-0.4, -0.2) is 68.5 Å². The van der Waals surface area contributed by atoms with E-state index in [4.69, 9.17) is 19.9 Å². The van der Waals surface area contributed by atoms with Crippen LogP contribution in [0.1, 0.15) is 74.2 Å². The molecule has 0 radical (unpaired) electrons. The molecule has 40 heavy (non-hydrogen) atoms. The fraction of sp³-hybridized carbons (Fsp3) is 0.654. The second kappa shape index (κ2) is 11.9. The molecule has 13 nitrogen and oxygen atoms in total. The van der Waals surface area contributed by atoms with Gasteiger partial charge in [-0.1, -0.05) is 13.8 Å². The van der Waals surface area contributed by atoms with Gasteiger partial charge in [0.05, 0.1) is 18.0 Å². The Morgan fingerprint density at radius 1 is 1.23 bits per heavy atom. The average Bonchev–Trinajstić information content (AvgIpc) is 3.18. The molecule has 0 aromatic carbocycles. The number of alkyl carbamates (subject to hydrolysis) is 1. The number of rotatable bonds is 11. The summed E-state index contributed by atoms with van der Waals surface area (Å²) in [4.78, 5) is 37.7. The lowest BCUT2D eigenvalue weighted by Crippen LogP contribution is -2.38. The predicted octanol–water partition coefficient (Wildman–Crippen LogP) is 2.36. The molecule has 2 aliphatic rings. The summed E-state index contributed by atoms with van der Waals surface area (Å²) in [5, 5.41) is 14.3. The molecule has 2 heterocycles. The van der Waals surface area contributed by atoms with Gasteiger partial charge in [0.2, 0.25) is 0 Å². The molecular weight excluding hydrogens is 525 g/mol. The number of ether oxygens (including phenoxy) is 3. The van der Waals surface area contributed by atoms with Crippen LogP contribution in [0.15, 0.2) is 12.1 Å². The fourth-order valence-electron chi connectivity index (χ4n) is 4.50. The normalized spacial score (nSPS) is 22.1. The summed E-state index contributed by atoms with van der Waals surface area (Å²) >= 11 is 0. The van der Waals surface area contributed by atoms with E-state index in [1.165, 1.54) is 16.5 Å². The van der Waals surface area contributed by atoms with Crippen LogP contribution in [0, 0.1) is 5.92 Å². The molecule has 14 heteroatoms. The van der Waals surface area contributed by atoms with Crippen LogP contribution in [0.4, 0.5) is 15.0 Å². The standard InChI is InChI=1S/C26H38FN7O6/c1-14(2)22(28)24(36)39-13-34-21(29-23(35)19-10-16(12-38-5)31-33(19)4)11-18(32-34)15-8-17(27)20(9-15)40-25(37)30-26(3)6-7-26/h10-11,14-15,17,20,22H,6-9,12-13,28H2,1-5H3,(H,29,35)(H,30,37)/t15-,17+,20-,22+/m1/s1. The van der Waals surface area contributed by atoms with Gasteiger partial charge in [-0.15, -0.1) is 0 Å². The van der Waals surface area contributed by atoms with Crippen molar-refractivity contribution < 1.29 is 33.0 Å². The quantitative estimate of drug-likeness (QED) is 0.348. The maximum Gasteiger partial charge on any atom is 0.407 e. The molecule has 0 unspecified atom stereocenters. The van der Waals surface area contributed by atoms with Gasteiger partial charge in [0, 0.05) is 31.7 Å². The second-order valence-electron chi connectivity index (χ2n) is 11.2. The Balaban J connectivity index is 1.50. The number of aryl methyl sites for hydroxylation is 1. The zero-order chi connectivity index (χ0) is 29.2. The fourth-order valence-corrected chi connectivity index (χ4v) is 4.50. The summed E-state index contributed by atoms with van der Waals surface area (Å²) < 4.78 is 33.5. The number of hydrogen-bond donors (Lipinski definition) is 3. The summed E-state index contributed by atoms with van der Waals surface area (Å²) in [5.74, 6) is -1.38. The minimum atomic E-state index is -1.37. The van der Waals surface area contributed by atoms with Crippen molar-refractivity contribution in [1.29, 1.82) is 0 Å². The number of nitrogens with two attached hydrogens (primary N) is 1. The van der Waals surface area contributed by atoms with Crippen LogP contribution in [0.3, 0.4) is 0 Å². The highest BCUT2D eigenvalue weighted by molar-refractivity contribution is 6.02. The maximum atomic E-state index is 14.9. The summed E-state index contributed by atoms with van der Waals surface area (Å²) in [7, 11) is 3.16. The van der Waals surface area contributed by atoms with Crippen LogP contribution in [0.5, 0.6) is 0 Å². The van der Waals surface area contributed by atoms with E-state index < -0.39 is 36.3 Å². The molecule has 4 N–H and O–H groups in total. The molecule has 2 fully saturated rings. The first kappa shape index (κ1) is 29.5. The van der Waals surface area contributed by atoms with Crippen molar-refractivity contribution in [3.63, 3.8) is 0 Å². The minimum Gasteiger partial charge on any atom is -0.443 e. The number of nitrogens with one attached hydrogen (secondary N) is 2. The van der Waals surface area contributed by atoms with Crippen molar-refractivity contribution in [3.8, 4) is 0 Å². The molecule has 2 aliphatic carbocycles. The molecule has 2 aromatic rings. The van der Waals surface area contributed by atoms with Crippen LogP contribution in [0.2, 0.25) is 0 Å². The highest BCUT2D eigenvalue weighted by Gasteiger charge is 2.43. The van der Waals surface area contributed by atoms with Crippen molar-refractivity contribution >= 4 is 23.8 Å². The number of anilines is 1. The first-order valence-corrected chi connectivity index (χ1v) is 13.3. The number of hydrogen-bond acceptors (Lipinski definition) is 9. The number of aromatic nitrogens is 4. The Kier molecular flexibility index (Phi) is 8.78. The van der Waals surface area contributed by atoms with Gasteiger partial charge in [-0.25, -0.2) is 13.9 Å². The molecule has 2 aromatic heterocycles. The molecule has 0 saturated heterocycles. The molecule has 220 valence electrons. The van der Waals surface area contributed by atoms with Gasteiger partial charge in [0.1, 0.15) is 29.8 Å². The van der Waals surface area contributed by atoms with E-state index in [2.05, 4.69) is 20.8 Å². The lowest BCUT2D eigenvalue weighted by molar-refractivity contribution is -0.150. The number of esters is 1. The van der Waals surface area contributed by atoms with Crippen LogP contribution in [0.25, 0.3) is 0 Å². The molecule has 0 aliphatic heterocycles. The average molecular weight is 564 g/mol. The number of amides is 2. The van der Waals surface area contributed by atoms with Crippen LogP contribution >= 0.6 is 0 Å². The monoisotopic (exact) mass is 563 g/mol. The molecule has 2 saturated carbocycles. The maximum absolute atomic E-state index is 14.9. The van der Waals surface area contributed by atoms with Crippen molar-refractivity contribution in [1.82, 2.24) is 24.9 Å². The van der Waals surface area contributed by atoms with E-state index >= 15 is 0 Å². The van der Waals surface area contributed by atoms with E-state index in [0.29, 0.717) is 11.4 Å². The van der Waals surface area contributed by atoms with Crippen molar-refractivity contribution in [2.45, 2.75) is 89.6 Å². The first-order valence-electron chi connectivity index (χ1n) is 13.3. The summed E-state index contributed by atoms with van der Waals surface area (Å²) in [6.45, 7) is 5.43. The molecule has 2 amide bonds. The van der Waals surface area contributed by atoms with Gasteiger partial charge in [0.15, 0.2) is 6.73 Å². The number of alkyl halides is 1. The summed E-state index contributed by atoms with van der Waals surface area (Å²) in [5.41, 5.74) is 6.93. The number of halogens is 1. The number of carbonyl (C=O) groups excluding carboxylic acids is 3. The Hall–Kier alpha value is -3.52. The van der Waals surface area contributed by atoms with E-state index in [1.807, 2.05) is 6.92 Å². The Morgan fingerprint density at radius 3 is 2.60 bits per heavy atom. The third-order valence-electron chi connectivity index (χ3n) is 7.33. The third kappa shape index (κ3) is 6.97. The zero-order valence-corrected chi connectivity index (χ0v) is 23.5. The Bertz CT molecular complexity index is 1240. The van der Waals surface area contributed by atoms with Gasteiger partial charge < -0.3 is 30.6 Å².